The lowest BCUT2D eigenvalue weighted by Crippen LogP contribution is -2.36. The number of anilines is 2. The van der Waals surface area contributed by atoms with E-state index in [1.165, 1.54) is 18.9 Å². The number of nitrogens with one attached hydrogen (secondary N) is 1. The minimum Gasteiger partial charge on any atom is -0.495 e. The highest BCUT2D eigenvalue weighted by molar-refractivity contribution is 8.15. The second-order valence-corrected chi connectivity index (χ2v) is 11.8. The molecule has 1 saturated heterocycles. The van der Waals surface area contributed by atoms with Crippen molar-refractivity contribution in [2.45, 2.75) is 25.1 Å². The molecular formula is C22H24ClN3O4S2. The van der Waals surface area contributed by atoms with Crippen molar-refractivity contribution >= 4 is 55.6 Å². The van der Waals surface area contributed by atoms with Crippen molar-refractivity contribution in [3.8, 4) is 5.75 Å². The molecule has 2 aliphatic heterocycles. The topological polar surface area (TPSA) is 88.1 Å². The number of methoxy groups -OCH3 is 1. The van der Waals surface area contributed by atoms with Crippen LogP contribution >= 0.6 is 23.4 Å². The lowest BCUT2D eigenvalue weighted by atomic mass is 10.1. The van der Waals surface area contributed by atoms with Gasteiger partial charge in [-0.15, -0.1) is 0 Å². The Hall–Kier alpha value is -2.23. The third-order valence-corrected chi connectivity index (χ3v) is 9.06. The van der Waals surface area contributed by atoms with E-state index >= 15 is 0 Å². The van der Waals surface area contributed by atoms with Crippen molar-refractivity contribution < 1.29 is 17.9 Å². The van der Waals surface area contributed by atoms with Crippen LogP contribution in [0, 0.1) is 13.8 Å². The first-order valence-electron chi connectivity index (χ1n) is 10.1. The van der Waals surface area contributed by atoms with Crippen LogP contribution in [-0.4, -0.2) is 55.9 Å². The van der Waals surface area contributed by atoms with E-state index in [4.69, 9.17) is 16.3 Å². The molecule has 2 aromatic rings. The number of nitrogens with zero attached hydrogens (tertiary/aromatic N) is 2. The fourth-order valence-electron chi connectivity index (χ4n) is 3.74. The zero-order chi connectivity index (χ0) is 23.0. The van der Waals surface area contributed by atoms with Crippen LogP contribution in [0.4, 0.5) is 11.4 Å². The van der Waals surface area contributed by atoms with Crippen molar-refractivity contribution in [3.05, 3.63) is 52.5 Å². The van der Waals surface area contributed by atoms with Crippen LogP contribution in [0.25, 0.3) is 0 Å². The third-order valence-electron chi connectivity index (χ3n) is 5.58. The van der Waals surface area contributed by atoms with Gasteiger partial charge in [0.2, 0.25) is 5.91 Å². The van der Waals surface area contributed by atoms with E-state index in [0.717, 1.165) is 16.8 Å². The third kappa shape index (κ3) is 4.89. The Morgan fingerprint density at radius 3 is 2.69 bits per heavy atom. The van der Waals surface area contributed by atoms with E-state index in [2.05, 4.69) is 10.3 Å². The van der Waals surface area contributed by atoms with Crippen LogP contribution in [0.5, 0.6) is 5.75 Å². The summed E-state index contributed by atoms with van der Waals surface area (Å²) in [5.41, 5.74) is 3.55. The molecule has 2 aromatic carbocycles. The van der Waals surface area contributed by atoms with Crippen molar-refractivity contribution in [2.24, 2.45) is 4.99 Å². The maximum atomic E-state index is 13.0. The molecule has 0 radical (unpaired) electrons. The van der Waals surface area contributed by atoms with E-state index in [-0.39, 0.29) is 35.2 Å². The number of fused-ring (bicyclic) bond motifs is 1. The fraction of sp³-hybridized carbons (Fsp3) is 0.364. The van der Waals surface area contributed by atoms with Crippen molar-refractivity contribution in [3.63, 3.8) is 0 Å². The van der Waals surface area contributed by atoms with E-state index < -0.39 is 9.84 Å². The lowest BCUT2D eigenvalue weighted by molar-refractivity contribution is -0.114. The van der Waals surface area contributed by atoms with Crippen molar-refractivity contribution in [1.82, 2.24) is 0 Å². The summed E-state index contributed by atoms with van der Waals surface area (Å²) in [6.45, 7) is 4.05. The summed E-state index contributed by atoms with van der Waals surface area (Å²) in [7, 11) is -1.53. The largest absolute Gasteiger partial charge is 0.495 e. The molecular weight excluding hydrogens is 470 g/mol. The van der Waals surface area contributed by atoms with Crippen molar-refractivity contribution in [2.75, 3.05) is 35.4 Å². The zero-order valence-corrected chi connectivity index (χ0v) is 20.4. The molecule has 0 aliphatic carbocycles. The highest BCUT2D eigenvalue weighted by atomic mass is 35.5. The second kappa shape index (κ2) is 8.96. The minimum absolute atomic E-state index is 0.0101. The molecule has 0 spiro atoms. The Morgan fingerprint density at radius 2 is 2.00 bits per heavy atom. The van der Waals surface area contributed by atoms with Crippen LogP contribution in [0.2, 0.25) is 5.02 Å². The summed E-state index contributed by atoms with van der Waals surface area (Å²) >= 11 is 7.51. The monoisotopic (exact) mass is 493 g/mol. The maximum Gasteiger partial charge on any atom is 0.244 e. The number of amides is 1. The molecule has 2 aliphatic rings. The molecule has 0 aromatic heterocycles. The molecule has 170 valence electrons. The summed E-state index contributed by atoms with van der Waals surface area (Å²) in [5, 5.41) is 3.90. The highest BCUT2D eigenvalue weighted by Crippen LogP contribution is 2.37. The molecule has 0 saturated carbocycles. The number of halogens is 1. The van der Waals surface area contributed by atoms with E-state index in [9.17, 15) is 13.2 Å². The number of amidine groups is 1. The number of aliphatic imine (C=N–C) groups is 1. The van der Waals surface area contributed by atoms with Gasteiger partial charge in [0.15, 0.2) is 15.0 Å². The van der Waals surface area contributed by atoms with Gasteiger partial charge in [0.25, 0.3) is 0 Å². The molecule has 1 amide bonds. The zero-order valence-electron chi connectivity index (χ0n) is 18.0. The van der Waals surface area contributed by atoms with Gasteiger partial charge in [0.1, 0.15) is 12.3 Å². The van der Waals surface area contributed by atoms with Gasteiger partial charge >= 0.3 is 0 Å². The standard InChI is InChI=1S/C22H24ClN3O4S2/c1-13-4-6-16(8-14(13)2)26(22-25-18-11-32(28,29)12-20(18)31-22)10-21(27)24-17-9-15(23)5-7-19(17)30-3/h4-9,18,20H,10-12H2,1-3H3,(H,24,27)/t18-,20+/m0/s1. The maximum absolute atomic E-state index is 13.0. The van der Waals surface area contributed by atoms with Crippen LogP contribution in [0.1, 0.15) is 11.1 Å². The molecule has 0 bridgehead atoms. The number of benzene rings is 2. The van der Waals surface area contributed by atoms with Gasteiger partial charge < -0.3 is 15.0 Å². The van der Waals surface area contributed by atoms with Gasteiger partial charge in [0.05, 0.1) is 30.3 Å². The van der Waals surface area contributed by atoms with Crippen LogP contribution < -0.4 is 15.0 Å². The second-order valence-electron chi connectivity index (χ2n) is 7.96. The van der Waals surface area contributed by atoms with Gasteiger partial charge in [-0.2, -0.15) is 0 Å². The van der Waals surface area contributed by atoms with E-state index in [1.807, 2.05) is 36.9 Å². The number of rotatable bonds is 5. The van der Waals surface area contributed by atoms with E-state index in [1.54, 1.807) is 18.2 Å². The smallest absolute Gasteiger partial charge is 0.244 e. The molecule has 10 heteroatoms. The number of hydrogen-bond donors (Lipinski definition) is 1. The average molecular weight is 494 g/mol. The fourth-order valence-corrected chi connectivity index (χ4v) is 7.70. The molecule has 1 fully saturated rings. The number of carbonyl (C=O) groups excluding carboxylic acids is 1. The number of thioether (sulfide) groups is 1. The van der Waals surface area contributed by atoms with Crippen molar-refractivity contribution in [1.29, 1.82) is 0 Å². The summed E-state index contributed by atoms with van der Waals surface area (Å²) < 4.78 is 29.2. The number of aryl methyl sites for hydroxylation is 2. The Bertz CT molecular complexity index is 1200. The Labute approximate surface area is 197 Å². The Kier molecular flexibility index (Phi) is 6.42. The predicted octanol–water partition coefficient (Wildman–Crippen LogP) is 3.68. The van der Waals surface area contributed by atoms with Gasteiger partial charge in [-0.05, 0) is 55.3 Å². The molecule has 1 N–H and O–H groups in total. The van der Waals surface area contributed by atoms with Crippen LogP contribution in [0.15, 0.2) is 41.4 Å². The molecule has 0 unspecified atom stereocenters. The molecule has 32 heavy (non-hydrogen) atoms. The summed E-state index contributed by atoms with van der Waals surface area (Å²) in [6, 6.07) is 10.7. The number of hydrogen-bond acceptors (Lipinski definition) is 7. The summed E-state index contributed by atoms with van der Waals surface area (Å²) in [6.07, 6.45) is 0. The first-order chi connectivity index (χ1) is 15.1. The van der Waals surface area contributed by atoms with Crippen LogP contribution in [-0.2, 0) is 14.6 Å². The van der Waals surface area contributed by atoms with Gasteiger partial charge in [-0.3, -0.25) is 9.79 Å². The normalized spacial score (nSPS) is 21.1. The van der Waals surface area contributed by atoms with E-state index in [0.29, 0.717) is 21.6 Å². The van der Waals surface area contributed by atoms with Gasteiger partial charge in [-0.25, -0.2) is 8.42 Å². The molecule has 4 rings (SSSR count). The lowest BCUT2D eigenvalue weighted by Gasteiger charge is -2.25. The Morgan fingerprint density at radius 1 is 1.22 bits per heavy atom. The SMILES string of the molecule is COc1ccc(Cl)cc1NC(=O)CN(C1=N[C@H]2CS(=O)(=O)C[C@H]2S1)c1ccc(C)c(C)c1. The molecule has 2 heterocycles. The quantitative estimate of drug-likeness (QED) is 0.683. The molecule has 2 atom stereocenters. The van der Waals surface area contributed by atoms with Crippen LogP contribution in [0.3, 0.4) is 0 Å². The minimum atomic E-state index is -3.06. The summed E-state index contributed by atoms with van der Waals surface area (Å²) in [5.74, 6) is 0.410. The average Bonchev–Trinajstić information content (AvgIpc) is 3.22. The summed E-state index contributed by atoms with van der Waals surface area (Å²) in [4.78, 5) is 19.5. The predicted molar refractivity (Wildman–Crippen MR) is 131 cm³/mol. The Balaban J connectivity index is 1.61. The molecule has 7 nitrogen and oxygen atoms in total. The number of ether oxygens (including phenoxy) is 1. The first kappa shape index (κ1) is 22.9. The highest BCUT2D eigenvalue weighted by Gasteiger charge is 2.44. The number of sulfone groups is 1. The van der Waals surface area contributed by atoms with Gasteiger partial charge in [-0.1, -0.05) is 29.4 Å². The number of carbonyl (C=O) groups is 1. The van der Waals surface area contributed by atoms with Gasteiger partial charge in [0, 0.05) is 16.0 Å². The first-order valence-corrected chi connectivity index (χ1v) is 13.2.